The third kappa shape index (κ3) is 4.02. The maximum atomic E-state index is 13.1. The Morgan fingerprint density at radius 1 is 0.806 bits per heavy atom. The summed E-state index contributed by atoms with van der Waals surface area (Å²) >= 11 is 0. The van der Waals surface area contributed by atoms with Crippen molar-refractivity contribution in [3.63, 3.8) is 0 Å². The standard InChI is InChI=1S/C24H24N4O3/c29-23-19-16-20-22(7-9-28(24(20)30)17-18-4-2-1-3-5-18)25-21(19)6-8-27(23)11-10-26-12-14-31-15-13-26/h1-9,16H,10-15,17H2. The van der Waals surface area contributed by atoms with Crippen LogP contribution in [0.5, 0.6) is 0 Å². The molecule has 4 aromatic rings. The lowest BCUT2D eigenvalue weighted by atomic mass is 10.1. The van der Waals surface area contributed by atoms with Gasteiger partial charge in [-0.1, -0.05) is 30.3 Å². The lowest BCUT2D eigenvalue weighted by Gasteiger charge is -2.26. The van der Waals surface area contributed by atoms with Crippen molar-refractivity contribution in [3.8, 4) is 0 Å². The van der Waals surface area contributed by atoms with E-state index in [4.69, 9.17) is 4.74 Å². The minimum absolute atomic E-state index is 0.113. The molecule has 7 nitrogen and oxygen atoms in total. The Bertz CT molecular complexity index is 1340. The number of fused-ring (bicyclic) bond motifs is 2. The first-order valence-electron chi connectivity index (χ1n) is 10.6. The number of rotatable bonds is 5. The number of benzene rings is 1. The highest BCUT2D eigenvalue weighted by atomic mass is 16.5. The van der Waals surface area contributed by atoms with Crippen molar-refractivity contribution in [2.24, 2.45) is 0 Å². The normalized spacial score (nSPS) is 15.0. The second-order valence-corrected chi connectivity index (χ2v) is 7.86. The molecular weight excluding hydrogens is 392 g/mol. The van der Waals surface area contributed by atoms with Gasteiger partial charge in [0, 0.05) is 38.6 Å². The van der Waals surface area contributed by atoms with E-state index < -0.39 is 0 Å². The van der Waals surface area contributed by atoms with Crippen LogP contribution in [0.25, 0.3) is 21.8 Å². The van der Waals surface area contributed by atoms with E-state index in [2.05, 4.69) is 9.88 Å². The third-order valence-corrected chi connectivity index (χ3v) is 5.85. The summed E-state index contributed by atoms with van der Waals surface area (Å²) < 4.78 is 8.75. The predicted octanol–water partition coefficient (Wildman–Crippen LogP) is 2.09. The van der Waals surface area contributed by atoms with Crippen LogP contribution in [-0.4, -0.2) is 51.9 Å². The molecule has 0 saturated carbocycles. The summed E-state index contributed by atoms with van der Waals surface area (Å²) in [6.45, 7) is 5.10. The van der Waals surface area contributed by atoms with Gasteiger partial charge in [0.05, 0.1) is 41.6 Å². The number of morpholine rings is 1. The van der Waals surface area contributed by atoms with Gasteiger partial charge in [-0.25, -0.2) is 4.98 Å². The SMILES string of the molecule is O=c1c2cc3c(=O)n(Cc4ccccc4)ccc3nc2ccn1CCN1CCOCC1. The van der Waals surface area contributed by atoms with E-state index in [0.29, 0.717) is 34.9 Å². The first kappa shape index (κ1) is 19.7. The molecule has 5 rings (SSSR count). The molecule has 1 aliphatic heterocycles. The van der Waals surface area contributed by atoms with E-state index in [0.717, 1.165) is 38.4 Å². The molecule has 1 aromatic carbocycles. The van der Waals surface area contributed by atoms with E-state index in [-0.39, 0.29) is 11.1 Å². The van der Waals surface area contributed by atoms with E-state index >= 15 is 0 Å². The Labute approximate surface area is 179 Å². The second kappa shape index (κ2) is 8.45. The van der Waals surface area contributed by atoms with Gasteiger partial charge in [-0.3, -0.25) is 14.5 Å². The fourth-order valence-corrected chi connectivity index (χ4v) is 4.06. The molecule has 3 aromatic heterocycles. The molecule has 0 radical (unpaired) electrons. The summed E-state index contributed by atoms with van der Waals surface area (Å²) in [6.07, 6.45) is 3.56. The zero-order chi connectivity index (χ0) is 21.2. The fourth-order valence-electron chi connectivity index (χ4n) is 4.06. The Kier molecular flexibility index (Phi) is 5.36. The molecule has 0 atom stereocenters. The van der Waals surface area contributed by atoms with Crippen molar-refractivity contribution in [3.05, 3.63) is 87.2 Å². The largest absolute Gasteiger partial charge is 0.379 e. The summed E-state index contributed by atoms with van der Waals surface area (Å²) in [5.74, 6) is 0. The maximum absolute atomic E-state index is 13.1. The van der Waals surface area contributed by atoms with Crippen molar-refractivity contribution in [2.75, 3.05) is 32.8 Å². The molecule has 0 amide bonds. The highest BCUT2D eigenvalue weighted by Crippen LogP contribution is 2.15. The second-order valence-electron chi connectivity index (χ2n) is 7.86. The molecule has 158 valence electrons. The molecule has 0 N–H and O–H groups in total. The molecule has 31 heavy (non-hydrogen) atoms. The molecular formula is C24H24N4O3. The summed E-state index contributed by atoms with van der Waals surface area (Å²) in [5.41, 5.74) is 2.01. The van der Waals surface area contributed by atoms with Gasteiger partial charge in [-0.15, -0.1) is 0 Å². The monoisotopic (exact) mass is 416 g/mol. The lowest BCUT2D eigenvalue weighted by molar-refractivity contribution is 0.0363. The molecule has 4 heterocycles. The lowest BCUT2D eigenvalue weighted by Crippen LogP contribution is -2.39. The van der Waals surface area contributed by atoms with Crippen LogP contribution < -0.4 is 11.1 Å². The highest BCUT2D eigenvalue weighted by molar-refractivity contribution is 5.91. The Morgan fingerprint density at radius 3 is 2.16 bits per heavy atom. The van der Waals surface area contributed by atoms with Gasteiger partial charge >= 0.3 is 0 Å². The summed E-state index contributed by atoms with van der Waals surface area (Å²) in [4.78, 5) is 33.1. The number of nitrogens with zero attached hydrogens (tertiary/aromatic N) is 4. The summed E-state index contributed by atoms with van der Waals surface area (Å²) in [7, 11) is 0. The fraction of sp³-hybridized carbons (Fsp3) is 0.292. The van der Waals surface area contributed by atoms with Crippen LogP contribution in [0.2, 0.25) is 0 Å². The highest BCUT2D eigenvalue weighted by Gasteiger charge is 2.13. The van der Waals surface area contributed by atoms with Gasteiger partial charge < -0.3 is 13.9 Å². The molecule has 0 spiro atoms. The van der Waals surface area contributed by atoms with E-state index in [1.807, 2.05) is 42.5 Å². The molecule has 1 aliphatic rings. The summed E-state index contributed by atoms with van der Waals surface area (Å²) in [5, 5.41) is 0.945. The zero-order valence-electron chi connectivity index (χ0n) is 17.2. The quantitative estimate of drug-likeness (QED) is 0.466. The van der Waals surface area contributed by atoms with Crippen LogP contribution in [0.1, 0.15) is 5.56 Å². The van der Waals surface area contributed by atoms with Crippen molar-refractivity contribution in [2.45, 2.75) is 13.1 Å². The average Bonchev–Trinajstić information content (AvgIpc) is 2.81. The van der Waals surface area contributed by atoms with Crippen LogP contribution in [0.4, 0.5) is 0 Å². The zero-order valence-corrected chi connectivity index (χ0v) is 17.2. The van der Waals surface area contributed by atoms with E-state index in [9.17, 15) is 9.59 Å². The molecule has 0 aliphatic carbocycles. The Balaban J connectivity index is 1.50. The van der Waals surface area contributed by atoms with Crippen molar-refractivity contribution in [1.29, 1.82) is 0 Å². The van der Waals surface area contributed by atoms with Crippen LogP contribution in [-0.2, 0) is 17.8 Å². The number of hydrogen-bond donors (Lipinski definition) is 0. The minimum Gasteiger partial charge on any atom is -0.379 e. The minimum atomic E-state index is -0.140. The average molecular weight is 416 g/mol. The first-order chi connectivity index (χ1) is 15.2. The number of aromatic nitrogens is 3. The number of pyridine rings is 3. The van der Waals surface area contributed by atoms with Crippen molar-refractivity contribution >= 4 is 21.8 Å². The Hall–Kier alpha value is -3.29. The van der Waals surface area contributed by atoms with Crippen molar-refractivity contribution < 1.29 is 4.74 Å². The number of hydrogen-bond acceptors (Lipinski definition) is 5. The molecule has 0 unspecified atom stereocenters. The third-order valence-electron chi connectivity index (χ3n) is 5.85. The van der Waals surface area contributed by atoms with Gasteiger partial charge in [0.15, 0.2) is 0 Å². The smallest absolute Gasteiger partial charge is 0.260 e. The van der Waals surface area contributed by atoms with Crippen LogP contribution in [0.3, 0.4) is 0 Å². The van der Waals surface area contributed by atoms with Gasteiger partial charge in [-0.05, 0) is 23.8 Å². The van der Waals surface area contributed by atoms with E-state index in [1.165, 1.54) is 0 Å². The van der Waals surface area contributed by atoms with Crippen LogP contribution >= 0.6 is 0 Å². The number of ether oxygens (including phenoxy) is 1. The van der Waals surface area contributed by atoms with Crippen LogP contribution in [0, 0.1) is 0 Å². The summed E-state index contributed by atoms with van der Waals surface area (Å²) in [6, 6.07) is 15.2. The van der Waals surface area contributed by atoms with Gasteiger partial charge in [-0.2, -0.15) is 0 Å². The van der Waals surface area contributed by atoms with Crippen LogP contribution in [0.15, 0.2) is 70.5 Å². The maximum Gasteiger partial charge on any atom is 0.260 e. The predicted molar refractivity (Wildman–Crippen MR) is 121 cm³/mol. The van der Waals surface area contributed by atoms with Gasteiger partial charge in [0.2, 0.25) is 0 Å². The molecule has 1 fully saturated rings. The van der Waals surface area contributed by atoms with Crippen molar-refractivity contribution in [1.82, 2.24) is 19.0 Å². The Morgan fingerprint density at radius 2 is 1.45 bits per heavy atom. The first-order valence-corrected chi connectivity index (χ1v) is 10.6. The molecule has 1 saturated heterocycles. The topological polar surface area (TPSA) is 69.4 Å². The van der Waals surface area contributed by atoms with Gasteiger partial charge in [0.1, 0.15) is 0 Å². The van der Waals surface area contributed by atoms with Gasteiger partial charge in [0.25, 0.3) is 11.1 Å². The van der Waals surface area contributed by atoms with E-state index in [1.54, 1.807) is 27.6 Å². The molecule has 7 heteroatoms. The molecule has 0 bridgehead atoms.